The van der Waals surface area contributed by atoms with Gasteiger partial charge >= 0.3 is 5.97 Å². The van der Waals surface area contributed by atoms with Gasteiger partial charge in [0.2, 0.25) is 0 Å². The molecule has 0 aromatic heterocycles. The summed E-state index contributed by atoms with van der Waals surface area (Å²) in [5, 5.41) is 0. The van der Waals surface area contributed by atoms with E-state index in [2.05, 4.69) is 17.0 Å². The van der Waals surface area contributed by atoms with Gasteiger partial charge in [-0.25, -0.2) is 0 Å². The van der Waals surface area contributed by atoms with Crippen LogP contribution in [0.15, 0.2) is 30.3 Å². The van der Waals surface area contributed by atoms with Crippen molar-refractivity contribution in [3.05, 3.63) is 35.9 Å². The fraction of sp³-hybridized carbons (Fsp3) is 0.533. The average Bonchev–Trinajstić information content (AvgIpc) is 2.39. The van der Waals surface area contributed by atoms with E-state index < -0.39 is 5.54 Å². The molecule has 1 atom stereocenters. The number of carbonyl (C=O) groups excluding carboxylic acids is 1. The molecule has 1 aliphatic heterocycles. The largest absolute Gasteiger partial charge is 0.469 e. The number of esters is 1. The van der Waals surface area contributed by atoms with Gasteiger partial charge in [-0.3, -0.25) is 9.69 Å². The Balaban J connectivity index is 1.95. The summed E-state index contributed by atoms with van der Waals surface area (Å²) in [7, 11) is 1.41. The molecular weight excluding hydrogens is 240 g/mol. The molecule has 0 amide bonds. The first-order chi connectivity index (χ1) is 9.11. The maximum Gasteiger partial charge on any atom is 0.307 e. The van der Waals surface area contributed by atoms with Gasteiger partial charge in [0.25, 0.3) is 0 Å². The highest BCUT2D eigenvalue weighted by Gasteiger charge is 2.34. The maximum atomic E-state index is 11.4. The molecule has 1 fully saturated rings. The summed E-state index contributed by atoms with van der Waals surface area (Å²) < 4.78 is 4.73. The van der Waals surface area contributed by atoms with E-state index in [9.17, 15) is 4.79 Å². The molecule has 1 aromatic carbocycles. The number of methoxy groups -OCH3 is 1. The van der Waals surface area contributed by atoms with Gasteiger partial charge < -0.3 is 10.5 Å². The minimum absolute atomic E-state index is 0.218. The van der Waals surface area contributed by atoms with Gasteiger partial charge in [0, 0.05) is 18.6 Å². The lowest BCUT2D eigenvalue weighted by molar-refractivity contribution is -0.142. The first kappa shape index (κ1) is 14.0. The van der Waals surface area contributed by atoms with E-state index in [1.54, 1.807) is 0 Å². The lowest BCUT2D eigenvalue weighted by Gasteiger charge is -2.39. The summed E-state index contributed by atoms with van der Waals surface area (Å²) in [4.78, 5) is 13.8. The topological polar surface area (TPSA) is 55.6 Å². The van der Waals surface area contributed by atoms with Crippen molar-refractivity contribution < 1.29 is 9.53 Å². The smallest absolute Gasteiger partial charge is 0.307 e. The van der Waals surface area contributed by atoms with Gasteiger partial charge in [0.1, 0.15) is 0 Å². The Morgan fingerprint density at radius 2 is 2.16 bits per heavy atom. The van der Waals surface area contributed by atoms with Crippen LogP contribution in [-0.4, -0.2) is 36.6 Å². The fourth-order valence-electron chi connectivity index (χ4n) is 2.74. The molecule has 1 aromatic rings. The molecule has 4 nitrogen and oxygen atoms in total. The molecule has 1 aliphatic rings. The van der Waals surface area contributed by atoms with Crippen LogP contribution in [0.2, 0.25) is 0 Å². The molecule has 0 aliphatic carbocycles. The summed E-state index contributed by atoms with van der Waals surface area (Å²) in [6, 6.07) is 10.3. The van der Waals surface area contributed by atoms with Gasteiger partial charge in [-0.05, 0) is 24.9 Å². The van der Waals surface area contributed by atoms with Crippen LogP contribution in [0.1, 0.15) is 24.8 Å². The number of hydrogen-bond acceptors (Lipinski definition) is 4. The maximum absolute atomic E-state index is 11.4. The summed E-state index contributed by atoms with van der Waals surface area (Å²) >= 11 is 0. The third-order valence-electron chi connectivity index (χ3n) is 3.66. The highest BCUT2D eigenvalue weighted by atomic mass is 16.5. The first-order valence-electron chi connectivity index (χ1n) is 6.73. The number of nitrogens with two attached hydrogens (primary N) is 1. The zero-order valence-electron chi connectivity index (χ0n) is 11.5. The highest BCUT2D eigenvalue weighted by Crippen LogP contribution is 2.23. The number of piperidine rings is 1. The molecule has 0 saturated carbocycles. The van der Waals surface area contributed by atoms with Crippen LogP contribution in [0.5, 0.6) is 0 Å². The molecule has 1 unspecified atom stereocenters. The highest BCUT2D eigenvalue weighted by molar-refractivity contribution is 5.70. The van der Waals surface area contributed by atoms with Crippen LogP contribution in [0, 0.1) is 0 Å². The Bertz CT molecular complexity index is 421. The molecule has 0 spiro atoms. The monoisotopic (exact) mass is 262 g/mol. The molecule has 0 radical (unpaired) electrons. The molecule has 1 saturated heterocycles. The summed E-state index contributed by atoms with van der Waals surface area (Å²) in [5.41, 5.74) is 7.18. The Morgan fingerprint density at radius 3 is 2.84 bits per heavy atom. The summed E-state index contributed by atoms with van der Waals surface area (Å²) in [5.74, 6) is -0.218. The Morgan fingerprint density at radius 1 is 1.42 bits per heavy atom. The van der Waals surface area contributed by atoms with E-state index in [0.29, 0.717) is 6.42 Å². The van der Waals surface area contributed by atoms with Crippen molar-refractivity contribution in [2.24, 2.45) is 5.73 Å². The van der Waals surface area contributed by atoms with Crippen LogP contribution in [0.25, 0.3) is 0 Å². The molecule has 0 bridgehead atoms. The lowest BCUT2D eigenvalue weighted by Crippen LogP contribution is -2.55. The molecule has 19 heavy (non-hydrogen) atoms. The predicted octanol–water partition coefficient (Wildman–Crippen LogP) is 1.54. The minimum Gasteiger partial charge on any atom is -0.469 e. The van der Waals surface area contributed by atoms with E-state index in [4.69, 9.17) is 10.5 Å². The van der Waals surface area contributed by atoms with Gasteiger partial charge in [0.05, 0.1) is 13.5 Å². The number of ether oxygens (including phenoxy) is 1. The van der Waals surface area contributed by atoms with Gasteiger partial charge in [0.15, 0.2) is 0 Å². The van der Waals surface area contributed by atoms with Crippen LogP contribution in [-0.2, 0) is 16.1 Å². The van der Waals surface area contributed by atoms with E-state index in [1.807, 2.05) is 18.2 Å². The standard InChI is InChI=1S/C15H22N2O2/c1-19-14(18)10-15(16)8-5-9-17(12-15)11-13-6-3-2-4-7-13/h2-4,6-7H,5,8-12,16H2,1H3. The fourth-order valence-corrected chi connectivity index (χ4v) is 2.74. The molecule has 2 N–H and O–H groups in total. The van der Waals surface area contributed by atoms with E-state index in [0.717, 1.165) is 32.5 Å². The number of nitrogens with zero attached hydrogens (tertiary/aromatic N) is 1. The van der Waals surface area contributed by atoms with E-state index >= 15 is 0 Å². The number of carbonyl (C=O) groups is 1. The van der Waals surface area contributed by atoms with Crippen molar-refractivity contribution in [3.63, 3.8) is 0 Å². The zero-order valence-corrected chi connectivity index (χ0v) is 11.5. The van der Waals surface area contributed by atoms with Crippen LogP contribution < -0.4 is 5.73 Å². The van der Waals surface area contributed by atoms with Gasteiger partial charge in [-0.2, -0.15) is 0 Å². The van der Waals surface area contributed by atoms with Crippen LogP contribution in [0.4, 0.5) is 0 Å². The molecule has 2 rings (SSSR count). The summed E-state index contributed by atoms with van der Waals surface area (Å²) in [6.45, 7) is 2.67. The van der Waals surface area contributed by atoms with Crippen molar-refractivity contribution in [3.8, 4) is 0 Å². The third-order valence-corrected chi connectivity index (χ3v) is 3.66. The second-order valence-electron chi connectivity index (χ2n) is 5.42. The van der Waals surface area contributed by atoms with Crippen molar-refractivity contribution >= 4 is 5.97 Å². The van der Waals surface area contributed by atoms with Crippen molar-refractivity contribution in [1.82, 2.24) is 4.90 Å². The Labute approximate surface area is 114 Å². The van der Waals surface area contributed by atoms with Crippen molar-refractivity contribution in [1.29, 1.82) is 0 Å². The summed E-state index contributed by atoms with van der Waals surface area (Å²) in [6.07, 6.45) is 2.21. The molecule has 4 heteroatoms. The molecule has 1 heterocycles. The molecular formula is C15H22N2O2. The van der Waals surface area contributed by atoms with Gasteiger partial charge in [-0.1, -0.05) is 30.3 Å². The minimum atomic E-state index is -0.444. The number of hydrogen-bond donors (Lipinski definition) is 1. The van der Waals surface area contributed by atoms with E-state index in [-0.39, 0.29) is 5.97 Å². The van der Waals surface area contributed by atoms with Crippen molar-refractivity contribution in [2.45, 2.75) is 31.3 Å². The Kier molecular flexibility index (Phi) is 4.56. The number of likely N-dealkylation sites (tertiary alicyclic amines) is 1. The number of benzene rings is 1. The predicted molar refractivity (Wildman–Crippen MR) is 74.5 cm³/mol. The second-order valence-corrected chi connectivity index (χ2v) is 5.42. The van der Waals surface area contributed by atoms with Gasteiger partial charge in [-0.15, -0.1) is 0 Å². The Hall–Kier alpha value is -1.39. The average molecular weight is 262 g/mol. The quantitative estimate of drug-likeness (QED) is 0.836. The zero-order chi connectivity index (χ0) is 13.7. The van der Waals surface area contributed by atoms with Crippen LogP contribution >= 0.6 is 0 Å². The van der Waals surface area contributed by atoms with E-state index in [1.165, 1.54) is 12.7 Å². The first-order valence-corrected chi connectivity index (χ1v) is 6.73. The van der Waals surface area contributed by atoms with Crippen molar-refractivity contribution in [2.75, 3.05) is 20.2 Å². The number of rotatable bonds is 4. The second kappa shape index (κ2) is 6.17. The molecule has 104 valence electrons. The normalized spacial score (nSPS) is 24.1. The third kappa shape index (κ3) is 4.04. The lowest BCUT2D eigenvalue weighted by atomic mass is 9.87. The van der Waals surface area contributed by atoms with Crippen LogP contribution in [0.3, 0.4) is 0 Å². The SMILES string of the molecule is COC(=O)CC1(N)CCCN(Cc2ccccc2)C1.